The summed E-state index contributed by atoms with van der Waals surface area (Å²) < 4.78 is 19.3. The van der Waals surface area contributed by atoms with Crippen LogP contribution >= 0.6 is 0 Å². The van der Waals surface area contributed by atoms with Crippen molar-refractivity contribution in [2.45, 2.75) is 143 Å². The summed E-state index contributed by atoms with van der Waals surface area (Å²) in [7, 11) is -1.74. The van der Waals surface area contributed by atoms with Crippen LogP contribution in [0.5, 0.6) is 0 Å². The summed E-state index contributed by atoms with van der Waals surface area (Å²) in [4.78, 5) is 0. The maximum atomic E-state index is 7.06. The van der Waals surface area contributed by atoms with Crippen LogP contribution in [-0.2, 0) is 13.9 Å². The van der Waals surface area contributed by atoms with Gasteiger partial charge in [0.2, 0.25) is 0 Å². The molecule has 0 bridgehead atoms. The smallest absolute Gasteiger partial charge is 0.192 e. The lowest BCUT2D eigenvalue weighted by Gasteiger charge is -2.49. The Kier molecular flexibility index (Phi) is 8.92. The van der Waals surface area contributed by atoms with Gasteiger partial charge in [0.1, 0.15) is 0 Å². The number of allylic oxidation sites excluding steroid dienone is 1. The van der Waals surface area contributed by atoms with E-state index in [9.17, 15) is 0 Å². The Balaban J connectivity index is 1.64. The number of rotatable bonds is 8. The van der Waals surface area contributed by atoms with E-state index in [1.165, 1.54) is 38.5 Å². The lowest BCUT2D eigenvalue weighted by molar-refractivity contribution is -0.223. The molecule has 0 aromatic rings. The van der Waals surface area contributed by atoms with Gasteiger partial charge in [0.05, 0.1) is 5.60 Å². The first-order valence-electron chi connectivity index (χ1n) is 14.3. The molecule has 0 radical (unpaired) electrons. The number of hydrogen-bond donors (Lipinski definition) is 0. The average Bonchev–Trinajstić information content (AvgIpc) is 3.09. The van der Waals surface area contributed by atoms with Gasteiger partial charge in [-0.05, 0) is 100 Å². The third-order valence-electron chi connectivity index (χ3n) is 10.4. The molecule has 0 spiro atoms. The van der Waals surface area contributed by atoms with Crippen LogP contribution in [0, 0.1) is 29.1 Å². The molecule has 3 nitrogen and oxygen atoms in total. The van der Waals surface area contributed by atoms with E-state index in [4.69, 9.17) is 13.9 Å². The van der Waals surface area contributed by atoms with Crippen molar-refractivity contribution in [3.05, 3.63) is 12.2 Å². The Labute approximate surface area is 212 Å². The second-order valence-electron chi connectivity index (χ2n) is 14.2. The SMILES string of the molecule is CC(/C=C/C(C)C(C)(C)OC1CCCCO1)C1CCC2C(O[Si](C)(C)C(C)(C)C)CCC[C@@]12C. The maximum absolute atomic E-state index is 7.06. The van der Waals surface area contributed by atoms with Crippen LogP contribution in [0.4, 0.5) is 0 Å². The summed E-state index contributed by atoms with van der Waals surface area (Å²) in [5.74, 6) is 2.41. The normalized spacial score (nSPS) is 35.4. The maximum Gasteiger partial charge on any atom is 0.192 e. The minimum Gasteiger partial charge on any atom is -0.414 e. The molecule has 34 heavy (non-hydrogen) atoms. The zero-order valence-corrected chi connectivity index (χ0v) is 25.2. The lowest BCUT2D eigenvalue weighted by atomic mass is 9.62. The topological polar surface area (TPSA) is 27.7 Å². The summed E-state index contributed by atoms with van der Waals surface area (Å²) in [5.41, 5.74) is 0.188. The Morgan fingerprint density at radius 1 is 0.941 bits per heavy atom. The van der Waals surface area contributed by atoms with E-state index in [1.54, 1.807) is 0 Å². The minimum atomic E-state index is -1.74. The summed E-state index contributed by atoms with van der Waals surface area (Å²) >= 11 is 0. The van der Waals surface area contributed by atoms with Crippen molar-refractivity contribution in [2.75, 3.05) is 6.61 Å². The highest BCUT2D eigenvalue weighted by Gasteiger charge is 2.54. The number of ether oxygens (including phenoxy) is 2. The van der Waals surface area contributed by atoms with E-state index in [-0.39, 0.29) is 16.9 Å². The van der Waals surface area contributed by atoms with Crippen molar-refractivity contribution >= 4 is 8.32 Å². The number of fused-ring (bicyclic) bond motifs is 1. The molecule has 4 heteroatoms. The fourth-order valence-electron chi connectivity index (χ4n) is 6.68. The predicted octanol–water partition coefficient (Wildman–Crippen LogP) is 8.74. The van der Waals surface area contributed by atoms with Gasteiger partial charge in [0, 0.05) is 18.6 Å². The van der Waals surface area contributed by atoms with E-state index < -0.39 is 8.32 Å². The van der Waals surface area contributed by atoms with E-state index in [2.05, 4.69) is 80.6 Å². The van der Waals surface area contributed by atoms with Crippen LogP contribution < -0.4 is 0 Å². The molecule has 0 N–H and O–H groups in total. The largest absolute Gasteiger partial charge is 0.414 e. The molecule has 0 aromatic carbocycles. The summed E-state index contributed by atoms with van der Waals surface area (Å²) in [6.07, 6.45) is 15.4. The van der Waals surface area contributed by atoms with Gasteiger partial charge in [-0.25, -0.2) is 0 Å². The van der Waals surface area contributed by atoms with Crippen LogP contribution in [0.2, 0.25) is 18.1 Å². The summed E-state index contributed by atoms with van der Waals surface area (Å²) in [6.45, 7) is 24.6. The van der Waals surface area contributed by atoms with Gasteiger partial charge >= 0.3 is 0 Å². The molecule has 1 aliphatic heterocycles. The van der Waals surface area contributed by atoms with Crippen molar-refractivity contribution in [2.24, 2.45) is 29.1 Å². The summed E-state index contributed by atoms with van der Waals surface area (Å²) in [6, 6.07) is 0. The van der Waals surface area contributed by atoms with E-state index in [0.717, 1.165) is 31.3 Å². The van der Waals surface area contributed by atoms with Gasteiger partial charge in [-0.2, -0.15) is 0 Å². The molecule has 2 saturated carbocycles. The number of hydrogen-bond acceptors (Lipinski definition) is 3. The van der Waals surface area contributed by atoms with Gasteiger partial charge in [0.15, 0.2) is 14.6 Å². The second kappa shape index (κ2) is 10.7. The molecule has 0 aromatic heterocycles. The molecule has 7 atom stereocenters. The molecule has 0 amide bonds. The molecule has 2 aliphatic carbocycles. The first-order chi connectivity index (χ1) is 15.7. The van der Waals surface area contributed by atoms with Crippen LogP contribution in [0.15, 0.2) is 12.2 Å². The van der Waals surface area contributed by atoms with Crippen molar-refractivity contribution in [3.8, 4) is 0 Å². The Morgan fingerprint density at radius 3 is 2.26 bits per heavy atom. The van der Waals surface area contributed by atoms with Crippen LogP contribution in [0.3, 0.4) is 0 Å². The van der Waals surface area contributed by atoms with Gasteiger partial charge in [-0.3, -0.25) is 0 Å². The fraction of sp³-hybridized carbons (Fsp3) is 0.933. The first-order valence-corrected chi connectivity index (χ1v) is 17.2. The molecule has 1 heterocycles. The Hall–Kier alpha value is -0.163. The zero-order chi connectivity index (χ0) is 25.4. The van der Waals surface area contributed by atoms with E-state index in [1.807, 2.05) is 0 Å². The molecule has 1 saturated heterocycles. The molecule has 3 rings (SSSR count). The van der Waals surface area contributed by atoms with Crippen LogP contribution in [-0.4, -0.2) is 32.9 Å². The third-order valence-corrected chi connectivity index (χ3v) is 14.9. The minimum absolute atomic E-state index is 0.0356. The zero-order valence-electron chi connectivity index (χ0n) is 24.2. The van der Waals surface area contributed by atoms with Gasteiger partial charge < -0.3 is 13.9 Å². The quantitative estimate of drug-likeness (QED) is 0.250. The highest BCUT2D eigenvalue weighted by molar-refractivity contribution is 6.74. The van der Waals surface area contributed by atoms with Gasteiger partial charge in [0.25, 0.3) is 0 Å². The highest BCUT2D eigenvalue weighted by atomic mass is 28.4. The Bertz CT molecular complexity index is 688. The molecule has 3 aliphatic rings. The van der Waals surface area contributed by atoms with E-state index in [0.29, 0.717) is 23.4 Å². The molecule has 3 fully saturated rings. The van der Waals surface area contributed by atoms with Crippen LogP contribution in [0.25, 0.3) is 0 Å². The van der Waals surface area contributed by atoms with Crippen LogP contribution in [0.1, 0.15) is 107 Å². The molecular formula is C30H56O3Si. The second-order valence-corrected chi connectivity index (χ2v) is 18.9. The lowest BCUT2D eigenvalue weighted by Crippen LogP contribution is -2.50. The standard InChI is InChI=1S/C30H56O3Si/c1-22(16-17-23(2)29(6,7)32-27-15-11-12-21-31-27)24-18-19-25-26(14-13-20-30(24,25)8)33-34(9,10)28(3,4)5/h16-17,22-27H,11-15,18-21H2,1-10H3/b17-16+/t22?,23?,24?,25?,26?,27?,30-/m0/s1. The van der Waals surface area contributed by atoms with Gasteiger partial charge in [-0.15, -0.1) is 0 Å². The van der Waals surface area contributed by atoms with Crippen molar-refractivity contribution in [1.82, 2.24) is 0 Å². The molecule has 6 unspecified atom stereocenters. The molecular weight excluding hydrogens is 436 g/mol. The third kappa shape index (κ3) is 6.21. The fourth-order valence-corrected chi connectivity index (χ4v) is 8.07. The first kappa shape index (κ1) is 28.4. The monoisotopic (exact) mass is 492 g/mol. The van der Waals surface area contributed by atoms with Gasteiger partial charge in [-0.1, -0.05) is 60.1 Å². The van der Waals surface area contributed by atoms with Crippen molar-refractivity contribution in [1.29, 1.82) is 0 Å². The van der Waals surface area contributed by atoms with Crippen molar-refractivity contribution in [3.63, 3.8) is 0 Å². The van der Waals surface area contributed by atoms with E-state index >= 15 is 0 Å². The summed E-state index contributed by atoms with van der Waals surface area (Å²) in [5, 5.41) is 0.280. The predicted molar refractivity (Wildman–Crippen MR) is 146 cm³/mol. The van der Waals surface area contributed by atoms with Crippen molar-refractivity contribution < 1.29 is 13.9 Å². The highest BCUT2D eigenvalue weighted by Crippen LogP contribution is 2.59. The average molecular weight is 493 g/mol. The Morgan fingerprint density at radius 2 is 1.65 bits per heavy atom. The molecule has 198 valence electrons.